The molecule has 1 aliphatic carbocycles. The molecule has 3 nitrogen and oxygen atoms in total. The molecule has 0 N–H and O–H groups in total. The van der Waals surface area contributed by atoms with E-state index in [1.807, 2.05) is 6.33 Å². The maximum absolute atomic E-state index is 4.27. The Morgan fingerprint density at radius 3 is 2.64 bits per heavy atom. The zero-order valence-electron chi connectivity index (χ0n) is 9.11. The molecule has 0 saturated heterocycles. The van der Waals surface area contributed by atoms with Gasteiger partial charge in [0.05, 0.1) is 0 Å². The molecule has 0 radical (unpaired) electrons. The van der Waals surface area contributed by atoms with Gasteiger partial charge in [0.15, 0.2) is 0 Å². The largest absolute Gasteiger partial charge is 0.315 e. The SMILES string of the molecule is CC(C)n1cnnc1C1CCCCC1. The normalized spacial score (nSPS) is 19.1. The molecule has 0 bridgehead atoms. The van der Waals surface area contributed by atoms with Crippen LogP contribution in [0.1, 0.15) is 63.7 Å². The Morgan fingerprint density at radius 2 is 2.00 bits per heavy atom. The topological polar surface area (TPSA) is 30.7 Å². The van der Waals surface area contributed by atoms with E-state index in [0.717, 1.165) is 0 Å². The van der Waals surface area contributed by atoms with Crippen LogP contribution in [0, 0.1) is 0 Å². The highest BCUT2D eigenvalue weighted by atomic mass is 15.3. The summed E-state index contributed by atoms with van der Waals surface area (Å²) < 4.78 is 2.22. The van der Waals surface area contributed by atoms with Crippen LogP contribution in [0.2, 0.25) is 0 Å². The molecule has 0 unspecified atom stereocenters. The van der Waals surface area contributed by atoms with Crippen LogP contribution < -0.4 is 0 Å². The van der Waals surface area contributed by atoms with Gasteiger partial charge in [0.25, 0.3) is 0 Å². The maximum Gasteiger partial charge on any atom is 0.136 e. The zero-order chi connectivity index (χ0) is 9.97. The molecule has 1 saturated carbocycles. The third-order valence-electron chi connectivity index (χ3n) is 3.13. The number of hydrogen-bond donors (Lipinski definition) is 0. The molecule has 1 fully saturated rings. The first-order valence-corrected chi connectivity index (χ1v) is 5.68. The summed E-state index contributed by atoms with van der Waals surface area (Å²) in [4.78, 5) is 0. The van der Waals surface area contributed by atoms with E-state index >= 15 is 0 Å². The van der Waals surface area contributed by atoms with E-state index in [4.69, 9.17) is 0 Å². The molecular formula is C11H19N3. The van der Waals surface area contributed by atoms with Gasteiger partial charge in [-0.25, -0.2) is 0 Å². The molecule has 0 aliphatic heterocycles. The van der Waals surface area contributed by atoms with Crippen molar-refractivity contribution in [3.63, 3.8) is 0 Å². The summed E-state index contributed by atoms with van der Waals surface area (Å²) in [5.74, 6) is 1.87. The lowest BCUT2D eigenvalue weighted by molar-refractivity contribution is 0.406. The minimum atomic E-state index is 0.488. The Hall–Kier alpha value is -0.860. The number of nitrogens with zero attached hydrogens (tertiary/aromatic N) is 3. The van der Waals surface area contributed by atoms with Crippen LogP contribution >= 0.6 is 0 Å². The lowest BCUT2D eigenvalue weighted by Crippen LogP contribution is -2.13. The Morgan fingerprint density at radius 1 is 1.29 bits per heavy atom. The van der Waals surface area contributed by atoms with E-state index in [1.54, 1.807) is 0 Å². The van der Waals surface area contributed by atoms with Crippen LogP contribution in [0.4, 0.5) is 0 Å². The van der Waals surface area contributed by atoms with E-state index in [9.17, 15) is 0 Å². The van der Waals surface area contributed by atoms with Crippen molar-refractivity contribution in [3.05, 3.63) is 12.2 Å². The first-order valence-electron chi connectivity index (χ1n) is 5.68. The average Bonchev–Trinajstić information content (AvgIpc) is 2.67. The van der Waals surface area contributed by atoms with Crippen molar-refractivity contribution < 1.29 is 0 Å². The van der Waals surface area contributed by atoms with Crippen molar-refractivity contribution in [2.75, 3.05) is 0 Å². The highest BCUT2D eigenvalue weighted by Crippen LogP contribution is 2.32. The van der Waals surface area contributed by atoms with Gasteiger partial charge in [-0.3, -0.25) is 0 Å². The molecule has 0 spiro atoms. The maximum atomic E-state index is 4.27. The highest BCUT2D eigenvalue weighted by molar-refractivity contribution is 4.98. The second-order valence-electron chi connectivity index (χ2n) is 4.53. The van der Waals surface area contributed by atoms with Gasteiger partial charge in [0.1, 0.15) is 12.2 Å². The Labute approximate surface area is 85.5 Å². The summed E-state index contributed by atoms with van der Waals surface area (Å²) >= 11 is 0. The van der Waals surface area contributed by atoms with E-state index in [0.29, 0.717) is 12.0 Å². The van der Waals surface area contributed by atoms with Crippen LogP contribution in [0.25, 0.3) is 0 Å². The number of aromatic nitrogens is 3. The minimum Gasteiger partial charge on any atom is -0.315 e. The van der Waals surface area contributed by atoms with Gasteiger partial charge in [-0.2, -0.15) is 0 Å². The Bertz CT molecular complexity index is 284. The lowest BCUT2D eigenvalue weighted by Gasteiger charge is -2.22. The lowest BCUT2D eigenvalue weighted by atomic mass is 9.88. The van der Waals surface area contributed by atoms with Gasteiger partial charge in [-0.15, -0.1) is 10.2 Å². The fourth-order valence-corrected chi connectivity index (χ4v) is 2.30. The van der Waals surface area contributed by atoms with E-state index in [-0.39, 0.29) is 0 Å². The standard InChI is InChI=1S/C11H19N3/c1-9(2)14-8-12-13-11(14)10-6-4-3-5-7-10/h8-10H,3-7H2,1-2H3. The molecule has 1 aliphatic rings. The van der Waals surface area contributed by atoms with Crippen LogP contribution in [-0.2, 0) is 0 Å². The predicted molar refractivity (Wildman–Crippen MR) is 56.2 cm³/mol. The summed E-state index contributed by atoms with van der Waals surface area (Å²) in [6, 6.07) is 0.488. The first-order chi connectivity index (χ1) is 6.79. The summed E-state index contributed by atoms with van der Waals surface area (Å²) in [7, 11) is 0. The number of hydrogen-bond acceptors (Lipinski definition) is 2. The second kappa shape index (κ2) is 4.11. The fraction of sp³-hybridized carbons (Fsp3) is 0.818. The van der Waals surface area contributed by atoms with Crippen LogP contribution in [0.3, 0.4) is 0 Å². The van der Waals surface area contributed by atoms with Gasteiger partial charge in [-0.1, -0.05) is 19.3 Å². The molecule has 14 heavy (non-hydrogen) atoms. The summed E-state index contributed by atoms with van der Waals surface area (Å²) in [6.45, 7) is 4.38. The van der Waals surface area contributed by atoms with Gasteiger partial charge in [-0.05, 0) is 26.7 Å². The molecule has 1 aromatic rings. The minimum absolute atomic E-state index is 0.488. The summed E-state index contributed by atoms with van der Waals surface area (Å²) in [5, 5.41) is 8.31. The van der Waals surface area contributed by atoms with Crippen LogP contribution in [0.5, 0.6) is 0 Å². The molecule has 3 heteroatoms. The van der Waals surface area contributed by atoms with E-state index in [1.165, 1.54) is 37.9 Å². The van der Waals surface area contributed by atoms with Gasteiger partial charge in [0.2, 0.25) is 0 Å². The molecule has 0 aromatic carbocycles. The third kappa shape index (κ3) is 1.81. The molecule has 1 aromatic heterocycles. The van der Waals surface area contributed by atoms with Crippen molar-refractivity contribution in [1.29, 1.82) is 0 Å². The highest BCUT2D eigenvalue weighted by Gasteiger charge is 2.21. The Kier molecular flexibility index (Phi) is 2.85. The van der Waals surface area contributed by atoms with Crippen molar-refractivity contribution in [2.24, 2.45) is 0 Å². The van der Waals surface area contributed by atoms with E-state index in [2.05, 4.69) is 28.6 Å². The fourth-order valence-electron chi connectivity index (χ4n) is 2.30. The van der Waals surface area contributed by atoms with Crippen molar-refractivity contribution in [2.45, 2.75) is 57.9 Å². The van der Waals surface area contributed by atoms with E-state index < -0.39 is 0 Å². The molecule has 0 amide bonds. The smallest absolute Gasteiger partial charge is 0.136 e. The average molecular weight is 193 g/mol. The van der Waals surface area contributed by atoms with Gasteiger partial charge < -0.3 is 4.57 Å². The first kappa shape index (κ1) is 9.69. The molecule has 1 heterocycles. The summed E-state index contributed by atoms with van der Waals surface area (Å²) in [5.41, 5.74) is 0. The molecular weight excluding hydrogens is 174 g/mol. The second-order valence-corrected chi connectivity index (χ2v) is 4.53. The Balaban J connectivity index is 2.17. The molecule has 78 valence electrons. The quantitative estimate of drug-likeness (QED) is 0.723. The van der Waals surface area contributed by atoms with Crippen molar-refractivity contribution in [3.8, 4) is 0 Å². The van der Waals surface area contributed by atoms with Crippen LogP contribution in [-0.4, -0.2) is 14.8 Å². The van der Waals surface area contributed by atoms with Crippen molar-refractivity contribution >= 4 is 0 Å². The molecule has 0 atom stereocenters. The summed E-state index contributed by atoms with van der Waals surface area (Å²) in [6.07, 6.45) is 8.57. The van der Waals surface area contributed by atoms with Crippen molar-refractivity contribution in [1.82, 2.24) is 14.8 Å². The van der Waals surface area contributed by atoms with Gasteiger partial charge >= 0.3 is 0 Å². The predicted octanol–water partition coefficient (Wildman–Crippen LogP) is 2.91. The third-order valence-corrected chi connectivity index (χ3v) is 3.13. The zero-order valence-corrected chi connectivity index (χ0v) is 9.11. The van der Waals surface area contributed by atoms with Gasteiger partial charge in [0, 0.05) is 12.0 Å². The van der Waals surface area contributed by atoms with Crippen LogP contribution in [0.15, 0.2) is 6.33 Å². The monoisotopic (exact) mass is 193 g/mol. The number of rotatable bonds is 2. The molecule has 2 rings (SSSR count).